The molecule has 0 N–H and O–H groups in total. The minimum atomic E-state index is 0.709. The minimum Gasteiger partial charge on any atom is -0.255 e. The van der Waals surface area contributed by atoms with E-state index in [9.17, 15) is 0 Å². The number of halogens is 2. The minimum absolute atomic E-state index is 0.709. The predicted molar refractivity (Wildman–Crippen MR) is 59.4 cm³/mol. The average molecular weight is 257 g/mol. The lowest BCUT2D eigenvalue weighted by Gasteiger charge is -2.02. The van der Waals surface area contributed by atoms with Gasteiger partial charge in [-0.2, -0.15) is 0 Å². The Morgan fingerprint density at radius 1 is 1.31 bits per heavy atom. The smallest absolute Gasteiger partial charge is 0.0891 e. The summed E-state index contributed by atoms with van der Waals surface area (Å²) in [6.07, 6.45) is 1.78. The molecule has 13 heavy (non-hydrogen) atoms. The molecule has 1 aromatic carbocycles. The molecule has 0 atom stereocenters. The zero-order valence-electron chi connectivity index (χ0n) is 6.80. The molecule has 0 spiro atoms. The lowest BCUT2D eigenvalue weighted by molar-refractivity contribution is 1.36. The second-order valence-corrected chi connectivity index (χ2v) is 3.71. The first kappa shape index (κ1) is 8.97. The summed E-state index contributed by atoms with van der Waals surface area (Å²) in [4.78, 5) is 4.24. The summed E-state index contributed by atoms with van der Waals surface area (Å²) in [6.45, 7) is 0. The van der Waals surface area contributed by atoms with Crippen LogP contribution in [0, 0.1) is 0 Å². The molecule has 0 amide bonds. The molecule has 2 aromatic rings. The van der Waals surface area contributed by atoms with Gasteiger partial charge in [-0.1, -0.05) is 39.7 Å². The third-order valence-corrected chi connectivity index (χ3v) is 2.87. The fraction of sp³-hybridized carbons (Fsp3) is 0.100. The summed E-state index contributed by atoms with van der Waals surface area (Å²) in [7, 11) is 0. The van der Waals surface area contributed by atoms with Crippen molar-refractivity contribution in [2.75, 3.05) is 0 Å². The van der Waals surface area contributed by atoms with Crippen LogP contribution in [0.1, 0.15) is 5.56 Å². The van der Waals surface area contributed by atoms with E-state index < -0.39 is 0 Å². The van der Waals surface area contributed by atoms with Gasteiger partial charge in [-0.05, 0) is 17.7 Å². The zero-order valence-corrected chi connectivity index (χ0v) is 9.14. The van der Waals surface area contributed by atoms with Crippen LogP contribution in [0.2, 0.25) is 5.02 Å². The van der Waals surface area contributed by atoms with Crippen LogP contribution < -0.4 is 0 Å². The molecular formula is C10H7BrClN. The number of fused-ring (bicyclic) bond motifs is 1. The van der Waals surface area contributed by atoms with E-state index in [1.165, 1.54) is 5.56 Å². The highest BCUT2D eigenvalue weighted by Gasteiger charge is 2.02. The van der Waals surface area contributed by atoms with Gasteiger partial charge in [-0.15, -0.1) is 0 Å². The van der Waals surface area contributed by atoms with Crippen molar-refractivity contribution in [1.82, 2.24) is 4.98 Å². The highest BCUT2D eigenvalue weighted by Crippen LogP contribution is 2.24. The summed E-state index contributed by atoms with van der Waals surface area (Å²) in [5.74, 6) is 0. The van der Waals surface area contributed by atoms with Crippen LogP contribution in [-0.2, 0) is 5.33 Å². The third kappa shape index (κ3) is 1.56. The van der Waals surface area contributed by atoms with Gasteiger partial charge in [-0.25, -0.2) is 0 Å². The first-order valence-electron chi connectivity index (χ1n) is 3.91. The van der Waals surface area contributed by atoms with Crippen molar-refractivity contribution < 1.29 is 0 Å². The summed E-state index contributed by atoms with van der Waals surface area (Å²) in [5.41, 5.74) is 2.09. The lowest BCUT2D eigenvalue weighted by atomic mass is 10.1. The summed E-state index contributed by atoms with van der Waals surface area (Å²) >= 11 is 9.44. The fourth-order valence-electron chi connectivity index (χ4n) is 1.31. The highest BCUT2D eigenvalue weighted by molar-refractivity contribution is 9.08. The maximum Gasteiger partial charge on any atom is 0.0891 e. The first-order valence-corrected chi connectivity index (χ1v) is 5.41. The molecule has 0 aliphatic rings. The van der Waals surface area contributed by atoms with E-state index in [0.717, 1.165) is 16.2 Å². The molecule has 0 bridgehead atoms. The highest BCUT2D eigenvalue weighted by atomic mass is 79.9. The van der Waals surface area contributed by atoms with Crippen molar-refractivity contribution in [3.05, 3.63) is 41.0 Å². The molecule has 3 heteroatoms. The van der Waals surface area contributed by atoms with Gasteiger partial charge in [0.25, 0.3) is 0 Å². The Hall–Kier alpha value is -0.600. The Morgan fingerprint density at radius 2 is 2.15 bits per heavy atom. The summed E-state index contributed by atoms with van der Waals surface area (Å²) in [5, 5.41) is 2.65. The summed E-state index contributed by atoms with van der Waals surface area (Å²) in [6, 6.07) is 7.83. The number of rotatable bonds is 1. The molecule has 0 radical (unpaired) electrons. The molecule has 1 aromatic heterocycles. The molecule has 0 unspecified atom stereocenters. The van der Waals surface area contributed by atoms with Crippen molar-refractivity contribution in [2.45, 2.75) is 5.33 Å². The Bertz CT molecular complexity index is 442. The molecule has 0 saturated carbocycles. The third-order valence-electron chi connectivity index (χ3n) is 1.96. The van der Waals surface area contributed by atoms with Crippen LogP contribution in [0.5, 0.6) is 0 Å². The normalized spacial score (nSPS) is 10.6. The number of nitrogens with zero attached hydrogens (tertiary/aromatic N) is 1. The number of alkyl halides is 1. The van der Waals surface area contributed by atoms with Gasteiger partial charge in [0.15, 0.2) is 0 Å². The molecule has 0 aliphatic heterocycles. The van der Waals surface area contributed by atoms with E-state index in [1.807, 2.05) is 24.3 Å². The number of para-hydroxylation sites is 1. The lowest BCUT2D eigenvalue weighted by Crippen LogP contribution is -1.85. The maximum atomic E-state index is 6.01. The van der Waals surface area contributed by atoms with Crippen LogP contribution in [0.15, 0.2) is 30.5 Å². The monoisotopic (exact) mass is 255 g/mol. The maximum absolute atomic E-state index is 6.01. The average Bonchev–Trinajstić information content (AvgIpc) is 2.18. The molecule has 1 heterocycles. The Kier molecular flexibility index (Phi) is 2.51. The Labute approximate surface area is 89.9 Å². The van der Waals surface area contributed by atoms with Crippen molar-refractivity contribution in [3.63, 3.8) is 0 Å². The number of aromatic nitrogens is 1. The van der Waals surface area contributed by atoms with Gasteiger partial charge < -0.3 is 0 Å². The van der Waals surface area contributed by atoms with Gasteiger partial charge in [-0.3, -0.25) is 4.98 Å². The van der Waals surface area contributed by atoms with E-state index in [4.69, 9.17) is 11.6 Å². The van der Waals surface area contributed by atoms with E-state index >= 15 is 0 Å². The molecular weight excluding hydrogens is 249 g/mol. The second-order valence-electron chi connectivity index (χ2n) is 2.74. The molecule has 0 aliphatic carbocycles. The van der Waals surface area contributed by atoms with Crippen LogP contribution >= 0.6 is 27.5 Å². The van der Waals surface area contributed by atoms with Crippen LogP contribution in [-0.4, -0.2) is 4.98 Å². The zero-order chi connectivity index (χ0) is 9.26. The van der Waals surface area contributed by atoms with E-state index in [2.05, 4.69) is 20.9 Å². The largest absolute Gasteiger partial charge is 0.255 e. The summed E-state index contributed by atoms with van der Waals surface area (Å²) < 4.78 is 0. The Morgan fingerprint density at radius 3 is 2.92 bits per heavy atom. The number of hydrogen-bond acceptors (Lipinski definition) is 1. The molecule has 1 nitrogen and oxygen atoms in total. The van der Waals surface area contributed by atoms with Crippen LogP contribution in [0.25, 0.3) is 10.9 Å². The standard InChI is InChI=1S/C10H7BrClN/c11-6-7-4-5-13-10-8(7)2-1-3-9(10)12/h1-5H,6H2. The molecule has 0 fully saturated rings. The topological polar surface area (TPSA) is 12.9 Å². The Balaban J connectivity index is 2.84. The quantitative estimate of drug-likeness (QED) is 0.708. The van der Waals surface area contributed by atoms with Crippen LogP contribution in [0.4, 0.5) is 0 Å². The fourth-order valence-corrected chi connectivity index (χ4v) is 2.03. The molecule has 2 rings (SSSR count). The van der Waals surface area contributed by atoms with E-state index in [1.54, 1.807) is 6.20 Å². The van der Waals surface area contributed by atoms with Gasteiger partial charge in [0.2, 0.25) is 0 Å². The second kappa shape index (κ2) is 3.64. The van der Waals surface area contributed by atoms with E-state index in [-0.39, 0.29) is 0 Å². The van der Waals surface area contributed by atoms with Gasteiger partial charge in [0.1, 0.15) is 0 Å². The van der Waals surface area contributed by atoms with Gasteiger partial charge in [0.05, 0.1) is 10.5 Å². The van der Waals surface area contributed by atoms with Gasteiger partial charge >= 0.3 is 0 Å². The van der Waals surface area contributed by atoms with Crippen LogP contribution in [0.3, 0.4) is 0 Å². The number of benzene rings is 1. The molecule has 66 valence electrons. The van der Waals surface area contributed by atoms with Gasteiger partial charge in [0, 0.05) is 16.9 Å². The van der Waals surface area contributed by atoms with Crippen molar-refractivity contribution in [1.29, 1.82) is 0 Å². The predicted octanol–water partition coefficient (Wildman–Crippen LogP) is 3.78. The van der Waals surface area contributed by atoms with Crippen molar-refractivity contribution in [2.24, 2.45) is 0 Å². The number of hydrogen-bond donors (Lipinski definition) is 0. The number of pyridine rings is 1. The van der Waals surface area contributed by atoms with E-state index in [0.29, 0.717) is 5.02 Å². The SMILES string of the molecule is Clc1cccc2c(CBr)ccnc12. The molecule has 0 saturated heterocycles. The van der Waals surface area contributed by atoms with Crippen molar-refractivity contribution in [3.8, 4) is 0 Å². The first-order chi connectivity index (χ1) is 6.33. The van der Waals surface area contributed by atoms with Crippen molar-refractivity contribution >= 4 is 38.4 Å².